The number of anilines is 2. The second kappa shape index (κ2) is 9.25. The molecule has 2 heterocycles. The van der Waals surface area contributed by atoms with E-state index >= 15 is 0 Å². The number of aromatic nitrogens is 1. The van der Waals surface area contributed by atoms with Crippen molar-refractivity contribution >= 4 is 39.4 Å². The molecule has 1 aliphatic heterocycles. The first-order valence-corrected chi connectivity index (χ1v) is 10.6. The first-order valence-electron chi connectivity index (χ1n) is 9.79. The number of β-amino-alcohol motifs (C(OH)–C–C–N with tert-alkyl or cyclic N) is 1. The van der Waals surface area contributed by atoms with Gasteiger partial charge in [0.2, 0.25) is 0 Å². The summed E-state index contributed by atoms with van der Waals surface area (Å²) in [6.07, 6.45) is 0.799. The summed E-state index contributed by atoms with van der Waals surface area (Å²) in [6, 6.07) is 17.5. The number of nitrogens with one attached hydrogen (secondary N) is 2. The third-order valence-corrected chi connectivity index (χ3v) is 5.37. The van der Waals surface area contributed by atoms with Gasteiger partial charge in [-0.1, -0.05) is 22.0 Å². The maximum Gasteiger partial charge on any atom is 0.340 e. The molecule has 1 fully saturated rings. The monoisotopic (exact) mass is 497 g/mol. The standard InChI is InChI=1S/C22H20BrN5O4/c23-15-4-6-16(7-5-15)24-21(31)27-13-19(29)14-28(27)22(32)25-17-8-10-18(11-9-17)26-12-2-1-3-20(26)30/h1-12,19,29H,13-14H2,(H,24,31)(H,25,32)/t19-/m1/s1. The molecule has 0 spiro atoms. The van der Waals surface area contributed by atoms with E-state index in [4.69, 9.17) is 0 Å². The Kier molecular flexibility index (Phi) is 6.24. The van der Waals surface area contributed by atoms with E-state index in [2.05, 4.69) is 26.6 Å². The van der Waals surface area contributed by atoms with Crippen molar-refractivity contribution < 1.29 is 14.7 Å². The zero-order valence-corrected chi connectivity index (χ0v) is 18.4. The van der Waals surface area contributed by atoms with Crippen molar-refractivity contribution in [1.82, 2.24) is 14.6 Å². The van der Waals surface area contributed by atoms with E-state index in [0.717, 1.165) is 9.48 Å². The molecule has 1 saturated heterocycles. The molecule has 0 aliphatic carbocycles. The Morgan fingerprint density at radius 2 is 1.38 bits per heavy atom. The number of halogens is 1. The van der Waals surface area contributed by atoms with Crippen molar-refractivity contribution in [3.63, 3.8) is 0 Å². The van der Waals surface area contributed by atoms with Gasteiger partial charge in [-0.3, -0.25) is 9.36 Å². The third kappa shape index (κ3) is 4.82. The number of amides is 4. The Hall–Kier alpha value is -3.63. The highest BCUT2D eigenvalue weighted by atomic mass is 79.9. The van der Waals surface area contributed by atoms with Gasteiger partial charge >= 0.3 is 12.1 Å². The van der Waals surface area contributed by atoms with E-state index in [9.17, 15) is 19.5 Å². The molecule has 0 radical (unpaired) electrons. The molecular weight excluding hydrogens is 478 g/mol. The molecular formula is C22H20BrN5O4. The minimum Gasteiger partial charge on any atom is -0.389 e. The summed E-state index contributed by atoms with van der Waals surface area (Å²) in [6.45, 7) is -0.0251. The van der Waals surface area contributed by atoms with E-state index in [1.54, 1.807) is 66.9 Å². The highest BCUT2D eigenvalue weighted by Crippen LogP contribution is 2.19. The number of aliphatic hydroxyl groups excluding tert-OH is 1. The highest BCUT2D eigenvalue weighted by molar-refractivity contribution is 9.10. The number of urea groups is 2. The van der Waals surface area contributed by atoms with Gasteiger partial charge in [-0.05, 0) is 54.6 Å². The molecule has 0 bridgehead atoms. The molecule has 2 aromatic carbocycles. The van der Waals surface area contributed by atoms with Crippen LogP contribution >= 0.6 is 15.9 Å². The number of benzene rings is 2. The van der Waals surface area contributed by atoms with Gasteiger partial charge in [-0.15, -0.1) is 0 Å². The molecule has 1 atom stereocenters. The average molecular weight is 498 g/mol. The number of aliphatic hydroxyl groups is 1. The van der Waals surface area contributed by atoms with Gasteiger partial charge in [0, 0.05) is 33.8 Å². The van der Waals surface area contributed by atoms with Crippen LogP contribution in [0, 0.1) is 0 Å². The summed E-state index contributed by atoms with van der Waals surface area (Å²) in [5, 5.41) is 17.8. The van der Waals surface area contributed by atoms with Crippen LogP contribution in [0.3, 0.4) is 0 Å². The summed E-state index contributed by atoms with van der Waals surface area (Å²) in [7, 11) is 0. The molecule has 3 aromatic rings. The summed E-state index contributed by atoms with van der Waals surface area (Å²) >= 11 is 3.33. The second-order valence-corrected chi connectivity index (χ2v) is 8.06. The summed E-state index contributed by atoms with van der Waals surface area (Å²) < 4.78 is 2.35. The van der Waals surface area contributed by atoms with Crippen LogP contribution in [0.5, 0.6) is 0 Å². The predicted molar refractivity (Wildman–Crippen MR) is 124 cm³/mol. The largest absolute Gasteiger partial charge is 0.389 e. The first kappa shape index (κ1) is 21.6. The van der Waals surface area contributed by atoms with Crippen LogP contribution in [-0.2, 0) is 0 Å². The van der Waals surface area contributed by atoms with E-state index in [0.29, 0.717) is 17.1 Å². The molecule has 10 heteroatoms. The van der Waals surface area contributed by atoms with E-state index < -0.39 is 18.2 Å². The zero-order chi connectivity index (χ0) is 22.7. The fraction of sp³-hybridized carbons (Fsp3) is 0.136. The number of pyridine rings is 1. The van der Waals surface area contributed by atoms with E-state index in [1.165, 1.54) is 15.6 Å². The van der Waals surface area contributed by atoms with Gasteiger partial charge in [0.05, 0.1) is 19.2 Å². The van der Waals surface area contributed by atoms with Gasteiger partial charge < -0.3 is 15.7 Å². The number of carbonyl (C=O) groups excluding carboxylic acids is 2. The highest BCUT2D eigenvalue weighted by Gasteiger charge is 2.36. The Balaban J connectivity index is 1.44. The molecule has 4 amide bonds. The van der Waals surface area contributed by atoms with E-state index in [1.807, 2.05) is 0 Å². The van der Waals surface area contributed by atoms with Gasteiger partial charge in [-0.2, -0.15) is 0 Å². The van der Waals surface area contributed by atoms with Crippen molar-refractivity contribution in [3.8, 4) is 5.69 Å². The van der Waals surface area contributed by atoms with Crippen molar-refractivity contribution in [2.45, 2.75) is 6.10 Å². The van der Waals surface area contributed by atoms with Crippen LogP contribution in [0.25, 0.3) is 5.69 Å². The Bertz CT molecular complexity index is 1180. The van der Waals surface area contributed by atoms with Gasteiger partial charge in [0.15, 0.2) is 0 Å². The molecule has 3 N–H and O–H groups in total. The number of rotatable bonds is 3. The minimum absolute atomic E-state index is 0.00829. The summed E-state index contributed by atoms with van der Waals surface area (Å²) in [5.41, 5.74) is 1.53. The SMILES string of the molecule is O=C(Nc1ccc(Br)cc1)N1C[C@@H](O)CN1C(=O)Nc1ccc(-n2ccccc2=O)cc1. The van der Waals surface area contributed by atoms with Crippen LogP contribution in [0.2, 0.25) is 0 Å². The lowest BCUT2D eigenvalue weighted by Gasteiger charge is -2.27. The van der Waals surface area contributed by atoms with Gasteiger partial charge in [-0.25, -0.2) is 19.6 Å². The maximum absolute atomic E-state index is 12.8. The Labute approximate surface area is 192 Å². The smallest absolute Gasteiger partial charge is 0.340 e. The molecule has 1 aliphatic rings. The van der Waals surface area contributed by atoms with Crippen molar-refractivity contribution in [2.75, 3.05) is 23.7 Å². The fourth-order valence-electron chi connectivity index (χ4n) is 3.29. The lowest BCUT2D eigenvalue weighted by molar-refractivity contribution is 0.103. The predicted octanol–water partition coefficient (Wildman–Crippen LogP) is 3.26. The van der Waals surface area contributed by atoms with Crippen LogP contribution in [0.4, 0.5) is 21.0 Å². The van der Waals surface area contributed by atoms with E-state index in [-0.39, 0.29) is 18.6 Å². The topological polar surface area (TPSA) is 107 Å². The van der Waals surface area contributed by atoms with Crippen molar-refractivity contribution in [1.29, 1.82) is 0 Å². The third-order valence-electron chi connectivity index (χ3n) is 4.84. The summed E-state index contributed by atoms with van der Waals surface area (Å²) in [4.78, 5) is 37.4. The summed E-state index contributed by atoms with van der Waals surface area (Å²) in [5.74, 6) is 0. The van der Waals surface area contributed by atoms with Crippen LogP contribution in [-0.4, -0.2) is 50.9 Å². The van der Waals surface area contributed by atoms with Gasteiger partial charge in [0.1, 0.15) is 0 Å². The zero-order valence-electron chi connectivity index (χ0n) is 16.8. The normalized spacial score (nSPS) is 15.5. The van der Waals surface area contributed by atoms with Gasteiger partial charge in [0.25, 0.3) is 5.56 Å². The number of hydrogen-bond acceptors (Lipinski definition) is 4. The van der Waals surface area contributed by atoms with Crippen LogP contribution in [0.15, 0.2) is 82.2 Å². The number of hydrazine groups is 1. The van der Waals surface area contributed by atoms with Crippen LogP contribution < -0.4 is 16.2 Å². The Morgan fingerprint density at radius 1 is 0.844 bits per heavy atom. The fourth-order valence-corrected chi connectivity index (χ4v) is 3.56. The number of carbonyl (C=O) groups is 2. The molecule has 0 saturated carbocycles. The van der Waals surface area contributed by atoms with Crippen molar-refractivity contribution in [3.05, 3.63) is 87.8 Å². The van der Waals surface area contributed by atoms with Crippen LogP contribution in [0.1, 0.15) is 0 Å². The molecule has 4 rings (SSSR count). The molecule has 9 nitrogen and oxygen atoms in total. The molecule has 32 heavy (non-hydrogen) atoms. The first-order chi connectivity index (χ1) is 15.4. The molecule has 1 aromatic heterocycles. The Morgan fingerprint density at radius 3 is 1.91 bits per heavy atom. The maximum atomic E-state index is 12.8. The lowest BCUT2D eigenvalue weighted by atomic mass is 10.2. The van der Waals surface area contributed by atoms with Crippen molar-refractivity contribution in [2.24, 2.45) is 0 Å². The quantitative estimate of drug-likeness (QED) is 0.516. The molecule has 0 unspecified atom stereocenters. The number of nitrogens with zero attached hydrogens (tertiary/aromatic N) is 3. The minimum atomic E-state index is -0.858. The average Bonchev–Trinajstić information content (AvgIpc) is 3.18. The lowest BCUT2D eigenvalue weighted by Crippen LogP contribution is -2.48. The molecule has 164 valence electrons. The second-order valence-electron chi connectivity index (χ2n) is 7.14. The number of hydrogen-bond donors (Lipinski definition) is 3.